The molecule has 12 heavy (non-hydrogen) atoms. The van der Waals surface area contributed by atoms with E-state index in [1.54, 1.807) is 0 Å². The first-order valence-electron chi connectivity index (χ1n) is 5.05. The molecule has 0 unspecified atom stereocenters. The molecule has 0 spiro atoms. The first kappa shape index (κ1) is 9.56. The molecule has 0 aromatic carbocycles. The molecule has 0 aliphatic carbocycles. The van der Waals surface area contributed by atoms with Crippen LogP contribution in [0.3, 0.4) is 0 Å². The van der Waals surface area contributed by atoms with Crippen LogP contribution in [-0.4, -0.2) is 23.4 Å². The van der Waals surface area contributed by atoms with Crippen LogP contribution in [-0.2, 0) is 4.79 Å². The van der Waals surface area contributed by atoms with Crippen molar-refractivity contribution in [1.82, 2.24) is 4.90 Å². The summed E-state index contributed by atoms with van der Waals surface area (Å²) in [6.07, 6.45) is 5.37. The van der Waals surface area contributed by atoms with Gasteiger partial charge in [-0.05, 0) is 32.6 Å². The summed E-state index contributed by atoms with van der Waals surface area (Å²) in [7, 11) is 0. The van der Waals surface area contributed by atoms with Crippen molar-refractivity contribution in [2.75, 3.05) is 6.54 Å². The third-order valence-electron chi connectivity index (χ3n) is 2.59. The van der Waals surface area contributed by atoms with Gasteiger partial charge >= 0.3 is 0 Å². The predicted molar refractivity (Wildman–Crippen MR) is 49.9 cm³/mol. The first-order valence-corrected chi connectivity index (χ1v) is 5.05. The number of hydrogen-bond acceptors (Lipinski definition) is 1. The van der Waals surface area contributed by atoms with Crippen molar-refractivity contribution in [2.45, 2.75) is 52.0 Å². The number of nitrogens with zero attached hydrogens (tertiary/aromatic N) is 1. The van der Waals surface area contributed by atoms with E-state index < -0.39 is 0 Å². The number of carbonyl (C=O) groups excluding carboxylic acids is 1. The Morgan fingerprint density at radius 2 is 2.25 bits per heavy atom. The highest BCUT2D eigenvalue weighted by Gasteiger charge is 2.21. The number of carbonyl (C=O) groups is 1. The van der Waals surface area contributed by atoms with E-state index in [9.17, 15) is 4.79 Å². The van der Waals surface area contributed by atoms with Crippen LogP contribution in [0.2, 0.25) is 0 Å². The van der Waals surface area contributed by atoms with Crippen LogP contribution in [0.4, 0.5) is 0 Å². The van der Waals surface area contributed by atoms with E-state index in [1.165, 1.54) is 19.3 Å². The average Bonchev–Trinajstić information content (AvgIpc) is 2.05. The summed E-state index contributed by atoms with van der Waals surface area (Å²) in [6.45, 7) is 5.21. The number of piperidine rings is 1. The minimum atomic E-state index is 0.352. The largest absolute Gasteiger partial charge is 0.340 e. The lowest BCUT2D eigenvalue weighted by molar-refractivity contribution is -0.134. The second-order valence-corrected chi connectivity index (χ2v) is 3.68. The van der Waals surface area contributed by atoms with E-state index >= 15 is 0 Å². The molecule has 0 aromatic rings. The van der Waals surface area contributed by atoms with E-state index in [2.05, 4.69) is 13.8 Å². The van der Waals surface area contributed by atoms with Crippen molar-refractivity contribution in [2.24, 2.45) is 0 Å². The van der Waals surface area contributed by atoms with Gasteiger partial charge in [-0.3, -0.25) is 4.79 Å². The molecule has 1 rings (SSSR count). The zero-order valence-corrected chi connectivity index (χ0v) is 8.18. The Labute approximate surface area is 74.9 Å². The van der Waals surface area contributed by atoms with Crippen LogP contribution in [0.25, 0.3) is 0 Å². The number of amides is 1. The molecule has 1 heterocycles. The molecule has 2 heteroatoms. The van der Waals surface area contributed by atoms with Crippen molar-refractivity contribution >= 4 is 5.91 Å². The van der Waals surface area contributed by atoms with Gasteiger partial charge in [0.2, 0.25) is 5.91 Å². The lowest BCUT2D eigenvalue weighted by atomic mass is 10.0. The Bertz CT molecular complexity index is 156. The van der Waals surface area contributed by atoms with Crippen LogP contribution in [0.15, 0.2) is 0 Å². The Kier molecular flexibility index (Phi) is 3.57. The monoisotopic (exact) mass is 169 g/mol. The summed E-state index contributed by atoms with van der Waals surface area (Å²) in [5.74, 6) is 0.352. The van der Waals surface area contributed by atoms with Gasteiger partial charge in [-0.15, -0.1) is 0 Å². The molecule has 1 fully saturated rings. The van der Waals surface area contributed by atoms with Gasteiger partial charge in [-0.25, -0.2) is 0 Å². The van der Waals surface area contributed by atoms with Gasteiger partial charge in [-0.2, -0.15) is 0 Å². The summed E-state index contributed by atoms with van der Waals surface area (Å²) in [5, 5.41) is 0. The van der Waals surface area contributed by atoms with Crippen LogP contribution in [0.5, 0.6) is 0 Å². The summed E-state index contributed by atoms with van der Waals surface area (Å²) in [5.41, 5.74) is 0. The van der Waals surface area contributed by atoms with Gasteiger partial charge in [0.15, 0.2) is 0 Å². The standard InChI is InChI=1S/C10H19NO/c1-3-6-10(12)11-8-5-4-7-9(11)2/h9H,3-8H2,1-2H3/t9-/m1/s1. The summed E-state index contributed by atoms with van der Waals surface area (Å²) in [6, 6.07) is 0.484. The van der Waals surface area contributed by atoms with Gasteiger partial charge in [0.1, 0.15) is 0 Å². The molecule has 1 atom stereocenters. The Hall–Kier alpha value is -0.530. The fourth-order valence-electron chi connectivity index (χ4n) is 1.83. The molecule has 2 nitrogen and oxygen atoms in total. The average molecular weight is 169 g/mol. The normalized spacial score (nSPS) is 24.2. The number of hydrogen-bond donors (Lipinski definition) is 0. The van der Waals surface area contributed by atoms with Crippen molar-refractivity contribution in [3.8, 4) is 0 Å². The minimum Gasteiger partial charge on any atom is -0.340 e. The highest BCUT2D eigenvalue weighted by Crippen LogP contribution is 2.17. The van der Waals surface area contributed by atoms with Crippen molar-refractivity contribution in [3.05, 3.63) is 0 Å². The molecule has 0 N–H and O–H groups in total. The number of rotatable bonds is 2. The lowest BCUT2D eigenvalue weighted by Gasteiger charge is -2.33. The van der Waals surface area contributed by atoms with E-state index in [1.807, 2.05) is 4.90 Å². The van der Waals surface area contributed by atoms with Gasteiger partial charge in [-0.1, -0.05) is 6.92 Å². The van der Waals surface area contributed by atoms with Crippen molar-refractivity contribution < 1.29 is 4.79 Å². The van der Waals surface area contributed by atoms with E-state index in [4.69, 9.17) is 0 Å². The van der Waals surface area contributed by atoms with Gasteiger partial charge in [0.05, 0.1) is 0 Å². The molecule has 1 saturated heterocycles. The number of likely N-dealkylation sites (tertiary alicyclic amines) is 1. The topological polar surface area (TPSA) is 20.3 Å². The maximum Gasteiger partial charge on any atom is 0.222 e. The molecular weight excluding hydrogens is 150 g/mol. The van der Waals surface area contributed by atoms with Crippen LogP contribution in [0, 0.1) is 0 Å². The van der Waals surface area contributed by atoms with Gasteiger partial charge < -0.3 is 4.90 Å². The van der Waals surface area contributed by atoms with Crippen LogP contribution < -0.4 is 0 Å². The quantitative estimate of drug-likeness (QED) is 0.620. The third kappa shape index (κ3) is 2.23. The maximum absolute atomic E-state index is 11.5. The fourth-order valence-corrected chi connectivity index (χ4v) is 1.83. The summed E-state index contributed by atoms with van der Waals surface area (Å²) >= 11 is 0. The summed E-state index contributed by atoms with van der Waals surface area (Å²) in [4.78, 5) is 13.6. The molecule has 0 saturated carbocycles. The highest BCUT2D eigenvalue weighted by atomic mass is 16.2. The van der Waals surface area contributed by atoms with E-state index in [0.29, 0.717) is 11.9 Å². The highest BCUT2D eigenvalue weighted by molar-refractivity contribution is 5.76. The van der Waals surface area contributed by atoms with Gasteiger partial charge in [0.25, 0.3) is 0 Å². The van der Waals surface area contributed by atoms with Crippen LogP contribution >= 0.6 is 0 Å². The van der Waals surface area contributed by atoms with Crippen molar-refractivity contribution in [3.63, 3.8) is 0 Å². The van der Waals surface area contributed by atoms with Crippen molar-refractivity contribution in [1.29, 1.82) is 0 Å². The molecular formula is C10H19NO. The fraction of sp³-hybridized carbons (Fsp3) is 0.900. The van der Waals surface area contributed by atoms with Gasteiger partial charge in [0, 0.05) is 19.0 Å². The second kappa shape index (κ2) is 4.48. The predicted octanol–water partition coefficient (Wildman–Crippen LogP) is 2.19. The second-order valence-electron chi connectivity index (χ2n) is 3.68. The molecule has 70 valence electrons. The summed E-state index contributed by atoms with van der Waals surface area (Å²) < 4.78 is 0. The molecule has 0 bridgehead atoms. The lowest BCUT2D eigenvalue weighted by Crippen LogP contribution is -2.41. The maximum atomic E-state index is 11.5. The third-order valence-corrected chi connectivity index (χ3v) is 2.59. The molecule has 1 amide bonds. The smallest absolute Gasteiger partial charge is 0.222 e. The first-order chi connectivity index (χ1) is 5.75. The molecule has 0 radical (unpaired) electrons. The van der Waals surface area contributed by atoms with E-state index in [0.717, 1.165) is 19.4 Å². The Balaban J connectivity index is 2.42. The minimum absolute atomic E-state index is 0.352. The zero-order chi connectivity index (χ0) is 8.97. The Morgan fingerprint density at radius 3 is 2.83 bits per heavy atom. The molecule has 1 aliphatic heterocycles. The van der Waals surface area contributed by atoms with Crippen LogP contribution in [0.1, 0.15) is 46.0 Å². The Morgan fingerprint density at radius 1 is 1.50 bits per heavy atom. The molecule has 1 aliphatic rings. The van der Waals surface area contributed by atoms with E-state index in [-0.39, 0.29) is 0 Å². The molecule has 0 aromatic heterocycles. The zero-order valence-electron chi connectivity index (χ0n) is 8.18. The SMILES string of the molecule is CCCC(=O)N1CCCC[C@H]1C.